The number of hydrogen-bond donors (Lipinski definition) is 0. The van der Waals surface area contributed by atoms with Crippen molar-refractivity contribution >= 4 is 5.78 Å². The lowest BCUT2D eigenvalue weighted by molar-refractivity contribution is 0.0978. The number of ether oxygens (including phenoxy) is 1. The van der Waals surface area contributed by atoms with E-state index in [0.717, 1.165) is 12.8 Å². The van der Waals surface area contributed by atoms with Gasteiger partial charge in [-0.2, -0.15) is 0 Å². The van der Waals surface area contributed by atoms with Crippen molar-refractivity contribution in [1.29, 1.82) is 0 Å². The molecule has 118 valence electrons. The molecule has 3 nitrogen and oxygen atoms in total. The smallest absolute Gasteiger partial charge is 0.164 e. The van der Waals surface area contributed by atoms with Crippen LogP contribution in [0.15, 0.2) is 18.5 Å². The lowest BCUT2D eigenvalue weighted by Crippen LogP contribution is -2.07. The van der Waals surface area contributed by atoms with Gasteiger partial charge in [-0.15, -0.1) is 0 Å². The van der Waals surface area contributed by atoms with Crippen molar-refractivity contribution in [2.24, 2.45) is 0 Å². The van der Waals surface area contributed by atoms with E-state index in [1.165, 1.54) is 32.1 Å². The van der Waals surface area contributed by atoms with Gasteiger partial charge in [0.2, 0.25) is 0 Å². The second-order valence-electron chi connectivity index (χ2n) is 5.87. The van der Waals surface area contributed by atoms with Crippen molar-refractivity contribution in [3.63, 3.8) is 0 Å². The van der Waals surface area contributed by atoms with E-state index in [-0.39, 0.29) is 11.9 Å². The maximum atomic E-state index is 12.1. The number of Topliss-reactive ketones (excluding diaryl/α,β-unsaturated/α-hetero) is 1. The van der Waals surface area contributed by atoms with E-state index in [2.05, 4.69) is 11.9 Å². The van der Waals surface area contributed by atoms with E-state index in [0.29, 0.717) is 17.7 Å². The summed E-state index contributed by atoms with van der Waals surface area (Å²) in [7, 11) is 0. The molecule has 1 heterocycles. The van der Waals surface area contributed by atoms with Crippen molar-refractivity contribution in [1.82, 2.24) is 4.98 Å². The molecule has 1 aromatic rings. The van der Waals surface area contributed by atoms with Crippen LogP contribution in [0.25, 0.3) is 0 Å². The predicted octanol–water partition coefficient (Wildman–Crippen LogP) is 5.19. The minimum atomic E-state index is 0.0975. The lowest BCUT2D eigenvalue weighted by Gasteiger charge is -2.10. The number of ketones is 1. The number of carbonyl (C=O) groups is 1. The summed E-state index contributed by atoms with van der Waals surface area (Å²) in [5.74, 6) is 0.848. The molecule has 0 spiro atoms. The van der Waals surface area contributed by atoms with E-state index >= 15 is 0 Å². The molecule has 0 amide bonds. The number of pyridine rings is 1. The molecule has 0 unspecified atom stereocenters. The molecule has 0 bridgehead atoms. The van der Waals surface area contributed by atoms with Gasteiger partial charge in [-0.1, -0.05) is 45.4 Å². The normalized spacial score (nSPS) is 10.9. The Balaban J connectivity index is 2.28. The molecule has 0 aliphatic carbocycles. The molecule has 0 atom stereocenters. The molecule has 0 aliphatic rings. The zero-order chi connectivity index (χ0) is 15.5. The van der Waals surface area contributed by atoms with Gasteiger partial charge in [0.05, 0.1) is 12.3 Å². The van der Waals surface area contributed by atoms with Crippen LogP contribution in [0, 0.1) is 0 Å². The van der Waals surface area contributed by atoms with Crippen LogP contribution < -0.4 is 4.74 Å². The van der Waals surface area contributed by atoms with E-state index < -0.39 is 0 Å². The number of hydrogen-bond acceptors (Lipinski definition) is 3. The fourth-order valence-electron chi connectivity index (χ4n) is 2.29. The zero-order valence-electron chi connectivity index (χ0n) is 13.7. The first-order valence-corrected chi connectivity index (χ1v) is 8.28. The fraction of sp³-hybridized carbons (Fsp3) is 0.667. The highest BCUT2D eigenvalue weighted by atomic mass is 16.5. The van der Waals surface area contributed by atoms with Crippen LogP contribution in [0.2, 0.25) is 0 Å². The summed E-state index contributed by atoms with van der Waals surface area (Å²) in [6, 6.07) is 1.80. The highest BCUT2D eigenvalue weighted by molar-refractivity contribution is 5.96. The number of nitrogens with zero attached hydrogens (tertiary/aromatic N) is 1. The van der Waals surface area contributed by atoms with Crippen LogP contribution in [0.3, 0.4) is 0 Å². The molecule has 0 saturated heterocycles. The molecule has 0 radical (unpaired) electrons. The molecule has 1 aromatic heterocycles. The van der Waals surface area contributed by atoms with Gasteiger partial charge in [0.1, 0.15) is 5.75 Å². The number of rotatable bonds is 11. The largest absolute Gasteiger partial charge is 0.489 e. The second-order valence-corrected chi connectivity index (χ2v) is 5.87. The molecule has 1 rings (SSSR count). The summed E-state index contributed by atoms with van der Waals surface area (Å²) in [5.41, 5.74) is 0.666. The van der Waals surface area contributed by atoms with Gasteiger partial charge < -0.3 is 4.74 Å². The molecule has 3 heteroatoms. The third-order valence-electron chi connectivity index (χ3n) is 3.41. The summed E-state index contributed by atoms with van der Waals surface area (Å²) in [6.45, 7) is 6.16. The minimum Gasteiger partial charge on any atom is -0.489 e. The van der Waals surface area contributed by atoms with Crippen molar-refractivity contribution in [3.05, 3.63) is 24.0 Å². The van der Waals surface area contributed by atoms with Crippen LogP contribution >= 0.6 is 0 Å². The molecular formula is C18H29NO2. The molecule has 0 N–H and O–H groups in total. The molecule has 0 saturated carbocycles. The van der Waals surface area contributed by atoms with Gasteiger partial charge in [-0.3, -0.25) is 9.78 Å². The Morgan fingerprint density at radius 3 is 2.43 bits per heavy atom. The highest BCUT2D eigenvalue weighted by Gasteiger charge is 2.08. The quantitative estimate of drug-likeness (QED) is 0.416. The minimum absolute atomic E-state index is 0.0975. The maximum Gasteiger partial charge on any atom is 0.164 e. The first kappa shape index (κ1) is 17.7. The summed E-state index contributed by atoms with van der Waals surface area (Å²) in [5, 5.41) is 0. The Kier molecular flexibility index (Phi) is 8.72. The number of carbonyl (C=O) groups excluding carboxylic acids is 1. The topological polar surface area (TPSA) is 39.2 Å². The monoisotopic (exact) mass is 291 g/mol. The molecule has 0 aromatic carbocycles. The van der Waals surface area contributed by atoms with Crippen molar-refractivity contribution in [2.45, 2.75) is 78.2 Å². The average Bonchev–Trinajstić information content (AvgIpc) is 2.45. The van der Waals surface area contributed by atoms with Gasteiger partial charge in [0, 0.05) is 18.2 Å². The van der Waals surface area contributed by atoms with Crippen molar-refractivity contribution < 1.29 is 9.53 Å². The van der Waals surface area contributed by atoms with Crippen LogP contribution in [0.1, 0.15) is 82.5 Å². The highest BCUT2D eigenvalue weighted by Crippen LogP contribution is 2.16. The predicted molar refractivity (Wildman–Crippen MR) is 86.9 cm³/mol. The van der Waals surface area contributed by atoms with E-state index in [9.17, 15) is 4.79 Å². The van der Waals surface area contributed by atoms with E-state index in [1.54, 1.807) is 18.5 Å². The zero-order valence-corrected chi connectivity index (χ0v) is 13.7. The van der Waals surface area contributed by atoms with E-state index in [4.69, 9.17) is 4.74 Å². The molecular weight excluding hydrogens is 262 g/mol. The Bertz CT molecular complexity index is 415. The first-order valence-electron chi connectivity index (χ1n) is 8.28. The fourth-order valence-corrected chi connectivity index (χ4v) is 2.29. The summed E-state index contributed by atoms with van der Waals surface area (Å²) in [4.78, 5) is 16.2. The number of aromatic nitrogens is 1. The Labute approximate surface area is 129 Å². The van der Waals surface area contributed by atoms with E-state index in [1.807, 2.05) is 13.8 Å². The number of unbranched alkanes of at least 4 members (excludes halogenated alkanes) is 6. The van der Waals surface area contributed by atoms with Crippen LogP contribution in [-0.4, -0.2) is 16.9 Å². The van der Waals surface area contributed by atoms with Crippen molar-refractivity contribution in [2.75, 3.05) is 0 Å². The summed E-state index contributed by atoms with van der Waals surface area (Å²) >= 11 is 0. The average molecular weight is 291 g/mol. The van der Waals surface area contributed by atoms with Crippen LogP contribution in [0.4, 0.5) is 0 Å². The lowest BCUT2D eigenvalue weighted by atomic mass is 10.0. The first-order chi connectivity index (χ1) is 10.1. The third kappa shape index (κ3) is 7.84. The third-order valence-corrected chi connectivity index (χ3v) is 3.41. The molecule has 21 heavy (non-hydrogen) atoms. The van der Waals surface area contributed by atoms with Gasteiger partial charge >= 0.3 is 0 Å². The maximum absolute atomic E-state index is 12.1. The van der Waals surface area contributed by atoms with Crippen LogP contribution in [-0.2, 0) is 0 Å². The SMILES string of the molecule is CCCCCCCCCC(=O)c1cncc(OC(C)C)c1. The van der Waals surface area contributed by atoms with Gasteiger partial charge in [0.25, 0.3) is 0 Å². The second kappa shape index (κ2) is 10.4. The summed E-state index contributed by atoms with van der Waals surface area (Å²) < 4.78 is 5.57. The summed E-state index contributed by atoms with van der Waals surface area (Å²) in [6.07, 6.45) is 12.6. The van der Waals surface area contributed by atoms with Crippen LogP contribution in [0.5, 0.6) is 5.75 Å². The Morgan fingerprint density at radius 2 is 1.76 bits per heavy atom. The Morgan fingerprint density at radius 1 is 1.10 bits per heavy atom. The van der Waals surface area contributed by atoms with Crippen molar-refractivity contribution in [3.8, 4) is 5.75 Å². The Hall–Kier alpha value is -1.38. The van der Waals surface area contributed by atoms with Gasteiger partial charge in [0.15, 0.2) is 5.78 Å². The molecule has 0 aliphatic heterocycles. The standard InChI is InChI=1S/C18H29NO2/c1-4-5-6-7-8-9-10-11-18(20)16-12-17(14-19-13-16)21-15(2)3/h12-15H,4-11H2,1-3H3. The van der Waals surface area contributed by atoms with Gasteiger partial charge in [-0.25, -0.2) is 0 Å². The van der Waals surface area contributed by atoms with Gasteiger partial charge in [-0.05, 0) is 26.3 Å². The molecule has 0 fully saturated rings.